The SMILES string of the molecule is COCCNC(=O)CC1=CSC2=NC(C)=C(C(=O)N3CCCC3)C(c3ccc(F)cc3)N12. The summed E-state index contributed by atoms with van der Waals surface area (Å²) in [4.78, 5) is 34.6. The third-order valence-electron chi connectivity index (χ3n) is 5.78. The Balaban J connectivity index is 1.68. The molecule has 9 heteroatoms. The van der Waals surface area contributed by atoms with Crippen LogP contribution in [0.3, 0.4) is 0 Å². The van der Waals surface area contributed by atoms with Crippen molar-refractivity contribution < 1.29 is 18.7 Å². The maximum absolute atomic E-state index is 13.7. The summed E-state index contributed by atoms with van der Waals surface area (Å²) >= 11 is 1.43. The van der Waals surface area contributed by atoms with Gasteiger partial charge in [0.1, 0.15) is 5.82 Å². The van der Waals surface area contributed by atoms with Crippen molar-refractivity contribution in [3.8, 4) is 0 Å². The van der Waals surface area contributed by atoms with Crippen molar-refractivity contribution in [1.82, 2.24) is 15.1 Å². The molecule has 0 bridgehead atoms. The largest absolute Gasteiger partial charge is 0.383 e. The van der Waals surface area contributed by atoms with E-state index < -0.39 is 6.04 Å². The van der Waals surface area contributed by atoms with Gasteiger partial charge in [0.25, 0.3) is 5.91 Å². The molecule has 0 aromatic heterocycles. The number of hydrogen-bond acceptors (Lipinski definition) is 6. The van der Waals surface area contributed by atoms with Crippen molar-refractivity contribution in [2.24, 2.45) is 4.99 Å². The third kappa shape index (κ3) is 4.59. The van der Waals surface area contributed by atoms with E-state index in [2.05, 4.69) is 5.32 Å². The second kappa shape index (κ2) is 9.87. The van der Waals surface area contributed by atoms with Crippen LogP contribution in [-0.2, 0) is 14.3 Å². The lowest BCUT2D eigenvalue weighted by Gasteiger charge is -2.37. The number of allylic oxidation sites excluding steroid dienone is 1. The number of rotatable bonds is 7. The maximum Gasteiger partial charge on any atom is 0.254 e. The van der Waals surface area contributed by atoms with Crippen LogP contribution in [0.4, 0.5) is 4.39 Å². The van der Waals surface area contributed by atoms with E-state index in [1.165, 1.54) is 23.9 Å². The molecule has 0 aliphatic carbocycles. The fraction of sp³-hybridized carbons (Fsp3) is 0.435. The van der Waals surface area contributed by atoms with Crippen molar-refractivity contribution in [2.75, 3.05) is 33.4 Å². The van der Waals surface area contributed by atoms with Crippen molar-refractivity contribution in [1.29, 1.82) is 0 Å². The van der Waals surface area contributed by atoms with Crippen molar-refractivity contribution in [3.63, 3.8) is 0 Å². The Bertz CT molecular complexity index is 983. The molecule has 1 atom stereocenters. The van der Waals surface area contributed by atoms with Gasteiger partial charge in [0.15, 0.2) is 5.17 Å². The molecule has 1 N–H and O–H groups in total. The third-order valence-corrected chi connectivity index (χ3v) is 6.67. The fourth-order valence-corrected chi connectivity index (χ4v) is 5.18. The molecule has 4 rings (SSSR count). The molecular weight excluding hydrogens is 431 g/mol. The number of methoxy groups -OCH3 is 1. The molecule has 7 nitrogen and oxygen atoms in total. The van der Waals surface area contributed by atoms with Gasteiger partial charge in [0, 0.05) is 32.4 Å². The van der Waals surface area contributed by atoms with Crippen molar-refractivity contribution >= 4 is 28.7 Å². The van der Waals surface area contributed by atoms with Gasteiger partial charge in [-0.15, -0.1) is 0 Å². The van der Waals surface area contributed by atoms with E-state index in [4.69, 9.17) is 9.73 Å². The predicted octanol–water partition coefficient (Wildman–Crippen LogP) is 3.18. The number of thioether (sulfide) groups is 1. The number of nitrogens with one attached hydrogen (secondary N) is 1. The molecular formula is C23H27FN4O3S. The van der Waals surface area contributed by atoms with E-state index in [9.17, 15) is 14.0 Å². The number of aliphatic imine (C=N–C) groups is 1. The Morgan fingerprint density at radius 1 is 1.25 bits per heavy atom. The first-order chi connectivity index (χ1) is 15.5. The number of amidine groups is 1. The van der Waals surface area contributed by atoms with E-state index in [0.29, 0.717) is 24.4 Å². The lowest BCUT2D eigenvalue weighted by atomic mass is 9.92. The fourth-order valence-electron chi connectivity index (χ4n) is 4.21. The normalized spacial score (nSPS) is 20.3. The molecule has 3 aliphatic heterocycles. The monoisotopic (exact) mass is 458 g/mol. The van der Waals surface area contributed by atoms with Gasteiger partial charge in [-0.2, -0.15) is 0 Å². The second-order valence-corrected chi connectivity index (χ2v) is 8.80. The molecule has 0 spiro atoms. The van der Waals surface area contributed by atoms with Gasteiger partial charge in [-0.1, -0.05) is 23.9 Å². The Morgan fingerprint density at radius 3 is 2.66 bits per heavy atom. The number of ether oxygens (including phenoxy) is 1. The van der Waals surface area contributed by atoms with Gasteiger partial charge in [0.2, 0.25) is 5.91 Å². The highest BCUT2D eigenvalue weighted by atomic mass is 32.2. The number of carbonyl (C=O) groups excluding carboxylic acids is 2. The molecule has 3 heterocycles. The highest BCUT2D eigenvalue weighted by Gasteiger charge is 2.41. The van der Waals surface area contributed by atoms with Crippen LogP contribution in [-0.4, -0.2) is 60.1 Å². The molecule has 3 aliphatic rings. The van der Waals surface area contributed by atoms with Crippen LogP contribution in [0.2, 0.25) is 0 Å². The van der Waals surface area contributed by atoms with Crippen LogP contribution in [0, 0.1) is 5.82 Å². The van der Waals surface area contributed by atoms with Gasteiger partial charge in [-0.25, -0.2) is 9.38 Å². The Labute approximate surface area is 191 Å². The van der Waals surface area contributed by atoms with Crippen LogP contribution in [0.5, 0.6) is 0 Å². The Hall–Kier alpha value is -2.65. The number of likely N-dealkylation sites (tertiary alicyclic amines) is 1. The van der Waals surface area contributed by atoms with Gasteiger partial charge in [-0.3, -0.25) is 9.59 Å². The summed E-state index contributed by atoms with van der Waals surface area (Å²) in [5.41, 5.74) is 2.79. The Kier molecular flexibility index (Phi) is 6.95. The van der Waals surface area contributed by atoms with Crippen molar-refractivity contribution in [2.45, 2.75) is 32.2 Å². The highest BCUT2D eigenvalue weighted by Crippen LogP contribution is 2.45. The van der Waals surface area contributed by atoms with Gasteiger partial charge < -0.3 is 19.9 Å². The Morgan fingerprint density at radius 2 is 1.97 bits per heavy atom. The molecule has 1 fully saturated rings. The lowest BCUT2D eigenvalue weighted by molar-refractivity contribution is -0.126. The summed E-state index contributed by atoms with van der Waals surface area (Å²) in [5.74, 6) is -0.514. The molecule has 0 saturated carbocycles. The first-order valence-electron chi connectivity index (χ1n) is 10.7. The van der Waals surface area contributed by atoms with Crippen LogP contribution in [0.15, 0.2) is 51.6 Å². The minimum Gasteiger partial charge on any atom is -0.383 e. The summed E-state index contributed by atoms with van der Waals surface area (Å²) in [6, 6.07) is 5.74. The minimum absolute atomic E-state index is 0.0436. The molecule has 1 aromatic rings. The summed E-state index contributed by atoms with van der Waals surface area (Å²) in [5, 5.41) is 5.46. The summed E-state index contributed by atoms with van der Waals surface area (Å²) in [6.07, 6.45) is 2.12. The number of hydrogen-bond donors (Lipinski definition) is 1. The zero-order valence-corrected chi connectivity index (χ0v) is 19.1. The first kappa shape index (κ1) is 22.5. The number of carbonyl (C=O) groups is 2. The van der Waals surface area contributed by atoms with Gasteiger partial charge in [-0.05, 0) is 42.9 Å². The van der Waals surface area contributed by atoms with E-state index >= 15 is 0 Å². The molecule has 2 amide bonds. The standard InChI is InChI=1S/C23H27FN4O3S/c1-15-20(22(30)27-10-3-4-11-27)21(16-5-7-17(24)8-6-16)28-18(14-32-23(28)26-15)13-19(29)25-9-12-31-2/h5-8,14,21H,3-4,9-13H2,1-2H3,(H,25,29). The van der Waals surface area contributed by atoms with E-state index in [1.54, 1.807) is 19.2 Å². The number of amides is 2. The van der Waals surface area contributed by atoms with E-state index in [-0.39, 0.29) is 24.1 Å². The van der Waals surface area contributed by atoms with Gasteiger partial charge >= 0.3 is 0 Å². The summed E-state index contributed by atoms with van der Waals surface area (Å²) in [6.45, 7) is 4.16. The van der Waals surface area contributed by atoms with Crippen LogP contribution in [0.25, 0.3) is 0 Å². The lowest BCUT2D eigenvalue weighted by Crippen LogP contribution is -2.41. The molecule has 1 unspecified atom stereocenters. The molecule has 0 radical (unpaired) electrons. The predicted molar refractivity (Wildman–Crippen MR) is 122 cm³/mol. The number of benzene rings is 1. The first-order valence-corrected chi connectivity index (χ1v) is 11.6. The zero-order chi connectivity index (χ0) is 22.7. The average Bonchev–Trinajstić information content (AvgIpc) is 3.44. The number of halogens is 1. The molecule has 1 saturated heterocycles. The topological polar surface area (TPSA) is 74.2 Å². The zero-order valence-electron chi connectivity index (χ0n) is 18.3. The highest BCUT2D eigenvalue weighted by molar-refractivity contribution is 8.16. The number of fused-ring (bicyclic) bond motifs is 1. The average molecular weight is 459 g/mol. The molecule has 1 aromatic carbocycles. The number of nitrogens with zero attached hydrogens (tertiary/aromatic N) is 3. The van der Waals surface area contributed by atoms with Crippen molar-refractivity contribution in [3.05, 3.63) is 58.0 Å². The van der Waals surface area contributed by atoms with E-state index in [1.807, 2.05) is 22.1 Å². The second-order valence-electron chi connectivity index (χ2n) is 7.96. The summed E-state index contributed by atoms with van der Waals surface area (Å²) in [7, 11) is 1.58. The molecule has 32 heavy (non-hydrogen) atoms. The van der Waals surface area contributed by atoms with E-state index in [0.717, 1.165) is 42.4 Å². The summed E-state index contributed by atoms with van der Waals surface area (Å²) < 4.78 is 18.7. The minimum atomic E-state index is -0.468. The van der Waals surface area contributed by atoms with Crippen LogP contribution in [0.1, 0.15) is 37.8 Å². The quantitative estimate of drug-likeness (QED) is 0.636. The molecule has 170 valence electrons. The smallest absolute Gasteiger partial charge is 0.254 e. The van der Waals surface area contributed by atoms with Crippen LogP contribution < -0.4 is 5.32 Å². The van der Waals surface area contributed by atoms with Gasteiger partial charge in [0.05, 0.1) is 30.3 Å². The maximum atomic E-state index is 13.7. The van der Waals surface area contributed by atoms with Crippen LogP contribution >= 0.6 is 11.8 Å².